The van der Waals surface area contributed by atoms with E-state index in [1.54, 1.807) is 12.3 Å². The van der Waals surface area contributed by atoms with Crippen LogP contribution in [0, 0.1) is 0 Å². The van der Waals surface area contributed by atoms with Gasteiger partial charge in [-0.1, -0.05) is 44.5 Å². The first-order chi connectivity index (χ1) is 10.4. The predicted molar refractivity (Wildman–Crippen MR) is 88.8 cm³/mol. The molecule has 1 heterocycles. The molecule has 0 saturated heterocycles. The lowest BCUT2D eigenvalue weighted by Gasteiger charge is -2.19. The Labute approximate surface area is 135 Å². The summed E-state index contributed by atoms with van der Waals surface area (Å²) in [6.07, 6.45) is 1.57. The number of benzene rings is 1. The van der Waals surface area contributed by atoms with E-state index in [-0.39, 0.29) is 11.3 Å². The molecule has 2 aromatic rings. The second-order valence-corrected chi connectivity index (χ2v) is 6.55. The van der Waals surface area contributed by atoms with E-state index in [2.05, 4.69) is 43.2 Å². The van der Waals surface area contributed by atoms with Crippen LogP contribution in [-0.4, -0.2) is 24.0 Å². The van der Waals surface area contributed by atoms with Gasteiger partial charge in [-0.2, -0.15) is 0 Å². The third kappa shape index (κ3) is 4.53. The van der Waals surface area contributed by atoms with Crippen molar-refractivity contribution in [2.75, 3.05) is 13.2 Å². The molecule has 5 heteroatoms. The summed E-state index contributed by atoms with van der Waals surface area (Å²) >= 11 is 5.75. The highest BCUT2D eigenvalue weighted by Crippen LogP contribution is 2.24. The zero-order valence-corrected chi connectivity index (χ0v) is 13.8. The van der Waals surface area contributed by atoms with Crippen molar-refractivity contribution in [2.45, 2.75) is 26.2 Å². The Hall–Kier alpha value is -1.94. The van der Waals surface area contributed by atoms with Crippen molar-refractivity contribution >= 4 is 17.5 Å². The van der Waals surface area contributed by atoms with Gasteiger partial charge >= 0.3 is 0 Å². The van der Waals surface area contributed by atoms with Gasteiger partial charge in [0.2, 0.25) is 0 Å². The van der Waals surface area contributed by atoms with Gasteiger partial charge in [-0.05, 0) is 29.2 Å². The van der Waals surface area contributed by atoms with Crippen molar-refractivity contribution in [1.29, 1.82) is 0 Å². The molecule has 0 aliphatic carbocycles. The maximum Gasteiger partial charge on any atom is 0.267 e. The zero-order valence-electron chi connectivity index (χ0n) is 13.1. The lowest BCUT2D eigenvalue weighted by atomic mass is 9.87. The van der Waals surface area contributed by atoms with Gasteiger partial charge < -0.3 is 15.0 Å². The van der Waals surface area contributed by atoms with Gasteiger partial charge in [0.15, 0.2) is 0 Å². The number of rotatable bonds is 5. The zero-order chi connectivity index (χ0) is 16.2. The third-order valence-electron chi connectivity index (χ3n) is 3.27. The molecule has 4 nitrogen and oxygen atoms in total. The van der Waals surface area contributed by atoms with Crippen molar-refractivity contribution in [3.63, 3.8) is 0 Å². The Morgan fingerprint density at radius 2 is 1.95 bits per heavy atom. The van der Waals surface area contributed by atoms with Crippen molar-refractivity contribution < 1.29 is 9.53 Å². The number of amides is 1. The molecule has 0 radical (unpaired) electrons. The minimum Gasteiger partial charge on any atom is -0.492 e. The van der Waals surface area contributed by atoms with Gasteiger partial charge in [0.25, 0.3) is 5.91 Å². The maximum atomic E-state index is 11.8. The van der Waals surface area contributed by atoms with E-state index >= 15 is 0 Å². The summed E-state index contributed by atoms with van der Waals surface area (Å²) in [6.45, 7) is 7.35. The fraction of sp³-hybridized carbons (Fsp3) is 0.353. The van der Waals surface area contributed by atoms with Crippen LogP contribution in [0.5, 0.6) is 5.75 Å². The SMILES string of the molecule is CC(C)(C)c1ccc(OCCNC(=O)c2cc(Cl)c[nH]2)cc1. The predicted octanol–water partition coefficient (Wildman–Crippen LogP) is 3.77. The van der Waals surface area contributed by atoms with Crippen LogP contribution in [0.2, 0.25) is 5.02 Å². The first kappa shape index (κ1) is 16.4. The number of aromatic nitrogens is 1. The normalized spacial score (nSPS) is 11.3. The molecule has 1 aromatic carbocycles. The highest BCUT2D eigenvalue weighted by molar-refractivity contribution is 6.30. The van der Waals surface area contributed by atoms with Gasteiger partial charge in [-0.25, -0.2) is 0 Å². The van der Waals surface area contributed by atoms with E-state index in [1.807, 2.05) is 12.1 Å². The van der Waals surface area contributed by atoms with Gasteiger partial charge in [0.1, 0.15) is 18.1 Å². The van der Waals surface area contributed by atoms with Crippen LogP contribution in [0.4, 0.5) is 0 Å². The molecule has 1 amide bonds. The second-order valence-electron chi connectivity index (χ2n) is 6.11. The Morgan fingerprint density at radius 3 is 2.50 bits per heavy atom. The van der Waals surface area contributed by atoms with E-state index in [0.717, 1.165) is 5.75 Å². The van der Waals surface area contributed by atoms with Crippen LogP contribution >= 0.6 is 11.6 Å². The van der Waals surface area contributed by atoms with Crippen molar-refractivity contribution in [1.82, 2.24) is 10.3 Å². The van der Waals surface area contributed by atoms with Crippen LogP contribution in [0.25, 0.3) is 0 Å². The molecule has 0 aliphatic heterocycles. The number of aromatic amines is 1. The number of carbonyl (C=O) groups excluding carboxylic acids is 1. The molecule has 0 aliphatic rings. The monoisotopic (exact) mass is 320 g/mol. The standard InChI is InChI=1S/C17H21ClN2O2/c1-17(2,3)12-4-6-14(7-5-12)22-9-8-19-16(21)15-10-13(18)11-20-15/h4-7,10-11,20H,8-9H2,1-3H3,(H,19,21). The maximum absolute atomic E-state index is 11.8. The molecule has 0 atom stereocenters. The molecule has 0 fully saturated rings. The Bertz CT molecular complexity index is 627. The summed E-state index contributed by atoms with van der Waals surface area (Å²) in [5.41, 5.74) is 1.83. The molecule has 0 bridgehead atoms. The molecule has 2 N–H and O–H groups in total. The fourth-order valence-electron chi connectivity index (χ4n) is 1.98. The van der Waals surface area contributed by atoms with Gasteiger partial charge in [-0.3, -0.25) is 4.79 Å². The Morgan fingerprint density at radius 1 is 1.27 bits per heavy atom. The van der Waals surface area contributed by atoms with Crippen LogP contribution < -0.4 is 10.1 Å². The van der Waals surface area contributed by atoms with Gasteiger partial charge in [0, 0.05) is 6.20 Å². The summed E-state index contributed by atoms with van der Waals surface area (Å²) in [5.74, 6) is 0.601. The fourth-order valence-corrected chi connectivity index (χ4v) is 2.14. The molecular weight excluding hydrogens is 300 g/mol. The number of hydrogen-bond acceptors (Lipinski definition) is 2. The first-order valence-electron chi connectivity index (χ1n) is 7.22. The second kappa shape index (κ2) is 6.88. The quantitative estimate of drug-likeness (QED) is 0.824. The molecule has 2 rings (SSSR count). The number of hydrogen-bond donors (Lipinski definition) is 2. The summed E-state index contributed by atoms with van der Waals surface area (Å²) in [4.78, 5) is 14.6. The number of ether oxygens (including phenoxy) is 1. The largest absolute Gasteiger partial charge is 0.492 e. The highest BCUT2D eigenvalue weighted by Gasteiger charge is 2.13. The third-order valence-corrected chi connectivity index (χ3v) is 3.49. The summed E-state index contributed by atoms with van der Waals surface area (Å²) in [6, 6.07) is 9.62. The van der Waals surface area contributed by atoms with E-state index in [9.17, 15) is 4.79 Å². The van der Waals surface area contributed by atoms with E-state index in [1.165, 1.54) is 5.56 Å². The molecular formula is C17H21ClN2O2. The first-order valence-corrected chi connectivity index (χ1v) is 7.59. The molecule has 1 aromatic heterocycles. The van der Waals surface area contributed by atoms with E-state index < -0.39 is 0 Å². The highest BCUT2D eigenvalue weighted by atomic mass is 35.5. The van der Waals surface area contributed by atoms with Crippen LogP contribution in [0.15, 0.2) is 36.5 Å². The topological polar surface area (TPSA) is 54.1 Å². The van der Waals surface area contributed by atoms with Crippen molar-refractivity contribution in [3.05, 3.63) is 52.8 Å². The molecule has 118 valence electrons. The van der Waals surface area contributed by atoms with Crippen LogP contribution in [0.3, 0.4) is 0 Å². The molecule has 0 unspecified atom stereocenters. The summed E-state index contributed by atoms with van der Waals surface area (Å²) < 4.78 is 5.61. The lowest BCUT2D eigenvalue weighted by molar-refractivity contribution is 0.0942. The van der Waals surface area contributed by atoms with Crippen LogP contribution in [-0.2, 0) is 5.41 Å². The molecule has 0 spiro atoms. The molecule has 22 heavy (non-hydrogen) atoms. The minimum atomic E-state index is -0.196. The number of carbonyl (C=O) groups is 1. The Kier molecular flexibility index (Phi) is 5.14. The van der Waals surface area contributed by atoms with Crippen molar-refractivity contribution in [2.24, 2.45) is 0 Å². The minimum absolute atomic E-state index is 0.129. The van der Waals surface area contributed by atoms with Crippen molar-refractivity contribution in [3.8, 4) is 5.75 Å². The Balaban J connectivity index is 1.76. The lowest BCUT2D eigenvalue weighted by Crippen LogP contribution is -2.28. The number of H-pyrrole nitrogens is 1. The molecule has 0 saturated carbocycles. The average Bonchev–Trinajstić information content (AvgIpc) is 2.89. The van der Waals surface area contributed by atoms with E-state index in [0.29, 0.717) is 23.9 Å². The number of halogens is 1. The summed E-state index contributed by atoms with van der Waals surface area (Å²) in [7, 11) is 0. The smallest absolute Gasteiger partial charge is 0.267 e. The van der Waals surface area contributed by atoms with Crippen LogP contribution in [0.1, 0.15) is 36.8 Å². The average molecular weight is 321 g/mol. The summed E-state index contributed by atoms with van der Waals surface area (Å²) in [5, 5.41) is 3.28. The van der Waals surface area contributed by atoms with E-state index in [4.69, 9.17) is 16.3 Å². The van der Waals surface area contributed by atoms with Gasteiger partial charge in [-0.15, -0.1) is 0 Å². The number of nitrogens with one attached hydrogen (secondary N) is 2. The van der Waals surface area contributed by atoms with Gasteiger partial charge in [0.05, 0.1) is 11.6 Å².